The van der Waals surface area contributed by atoms with Crippen LogP contribution in [0.25, 0.3) is 0 Å². The molecular formula is C43H59N5O9S. The van der Waals surface area contributed by atoms with Crippen LogP contribution in [-0.2, 0) is 46.3 Å². The lowest BCUT2D eigenvalue weighted by molar-refractivity contribution is -0.189. The Morgan fingerprint density at radius 1 is 0.897 bits per heavy atom. The zero-order chi connectivity index (χ0) is 42.4. The molecule has 4 aliphatic rings. The zero-order valence-corrected chi connectivity index (χ0v) is 35.2. The van der Waals surface area contributed by atoms with Gasteiger partial charge in [-0.15, -0.1) is 0 Å². The van der Waals surface area contributed by atoms with Crippen LogP contribution in [0.15, 0.2) is 54.6 Å². The number of thioether (sulfide) groups is 1. The highest BCUT2D eigenvalue weighted by Crippen LogP contribution is 2.64. The number of phenols is 1. The molecule has 316 valence electrons. The largest absolute Gasteiger partial charge is 0.508 e. The van der Waals surface area contributed by atoms with Gasteiger partial charge in [0.2, 0.25) is 17.7 Å². The average molecular weight is 822 g/mol. The first kappa shape index (κ1) is 44.5. The lowest BCUT2D eigenvalue weighted by atomic mass is 9.41. The van der Waals surface area contributed by atoms with Crippen molar-refractivity contribution >= 4 is 47.3 Å². The zero-order valence-electron chi connectivity index (χ0n) is 34.4. The van der Waals surface area contributed by atoms with Crippen LogP contribution in [0, 0.1) is 23.2 Å². The minimum absolute atomic E-state index is 0.0337. The van der Waals surface area contributed by atoms with E-state index >= 15 is 0 Å². The topological polar surface area (TPSA) is 206 Å². The maximum absolute atomic E-state index is 15.0. The van der Waals surface area contributed by atoms with E-state index < -0.39 is 76.9 Å². The van der Waals surface area contributed by atoms with Crippen molar-refractivity contribution in [2.24, 2.45) is 28.9 Å². The summed E-state index contributed by atoms with van der Waals surface area (Å²) in [4.78, 5) is 84.3. The van der Waals surface area contributed by atoms with Crippen molar-refractivity contribution in [3.8, 4) is 5.75 Å². The number of ketones is 1. The number of esters is 1. The molecule has 0 radical (unpaired) electrons. The number of carbonyl (C=O) groups excluding carboxylic acids is 6. The number of alkyl carbamates (subject to hydrolysis) is 1. The summed E-state index contributed by atoms with van der Waals surface area (Å²) < 4.78 is 10.8. The summed E-state index contributed by atoms with van der Waals surface area (Å²) in [5.41, 5.74) is 5.75. The number of likely N-dealkylation sites (N-methyl/N-ethyl adjacent to an activating group) is 1. The Morgan fingerprint density at radius 3 is 2.10 bits per heavy atom. The summed E-state index contributed by atoms with van der Waals surface area (Å²) in [7, 11) is 2.86. The highest BCUT2D eigenvalue weighted by Gasteiger charge is 2.68. The molecular weight excluding hydrogens is 763 g/mol. The highest BCUT2D eigenvalue weighted by atomic mass is 32.2. The molecule has 0 aliphatic heterocycles. The molecule has 58 heavy (non-hydrogen) atoms. The van der Waals surface area contributed by atoms with Crippen LogP contribution >= 0.6 is 11.8 Å². The van der Waals surface area contributed by atoms with Gasteiger partial charge in [0.1, 0.15) is 23.4 Å². The fourth-order valence-electron chi connectivity index (χ4n) is 9.63. The van der Waals surface area contributed by atoms with Gasteiger partial charge in [0.15, 0.2) is 5.78 Å². The van der Waals surface area contributed by atoms with Crippen LogP contribution in [0.2, 0.25) is 0 Å². The molecule has 0 spiro atoms. The molecule has 6 atom stereocenters. The van der Waals surface area contributed by atoms with Gasteiger partial charge in [0.25, 0.3) is 0 Å². The fraction of sp³-hybridized carbons (Fsp3) is 0.581. The van der Waals surface area contributed by atoms with Gasteiger partial charge >= 0.3 is 12.1 Å². The quantitative estimate of drug-likeness (QED) is 0.146. The van der Waals surface area contributed by atoms with E-state index in [1.165, 1.54) is 43.0 Å². The molecule has 3 unspecified atom stereocenters. The van der Waals surface area contributed by atoms with Gasteiger partial charge in [0, 0.05) is 19.0 Å². The molecule has 4 bridgehead atoms. The van der Waals surface area contributed by atoms with Gasteiger partial charge in [-0.3, -0.25) is 24.0 Å². The number of aromatic hydroxyl groups is 1. The van der Waals surface area contributed by atoms with Gasteiger partial charge in [-0.05, 0) is 113 Å². The molecule has 4 amide bonds. The average Bonchev–Trinajstić information content (AvgIpc) is 3.16. The van der Waals surface area contributed by atoms with Crippen LogP contribution < -0.4 is 21.7 Å². The third kappa shape index (κ3) is 10.5. The number of ether oxygens (including phenoxy) is 2. The molecule has 2 aromatic rings. The van der Waals surface area contributed by atoms with E-state index in [1.54, 1.807) is 32.9 Å². The maximum Gasteiger partial charge on any atom is 0.408 e. The van der Waals surface area contributed by atoms with Crippen molar-refractivity contribution in [1.29, 1.82) is 0 Å². The third-order valence-corrected chi connectivity index (χ3v) is 12.5. The summed E-state index contributed by atoms with van der Waals surface area (Å²) in [6, 6.07) is 12.3. The number of Topliss-reactive ketones (excluding diaryl/α,β-unsaturated/α-hetero) is 1. The van der Waals surface area contributed by atoms with E-state index in [9.17, 15) is 33.9 Å². The number of hydrogen-bond donors (Lipinski definition) is 5. The van der Waals surface area contributed by atoms with Crippen molar-refractivity contribution in [2.45, 2.75) is 101 Å². The second-order valence-electron chi connectivity index (χ2n) is 17.3. The number of nitrogens with two attached hydrogens (primary N) is 1. The summed E-state index contributed by atoms with van der Waals surface area (Å²) in [6.45, 7) is 4.61. The highest BCUT2D eigenvalue weighted by molar-refractivity contribution is 7.98. The first-order valence-corrected chi connectivity index (χ1v) is 21.3. The van der Waals surface area contributed by atoms with E-state index in [2.05, 4.69) is 16.0 Å². The van der Waals surface area contributed by atoms with E-state index in [4.69, 9.17) is 15.2 Å². The molecule has 14 nitrogen and oxygen atoms in total. The van der Waals surface area contributed by atoms with E-state index in [0.29, 0.717) is 37.0 Å². The Labute approximate surface area is 345 Å². The molecule has 6 rings (SSSR count). The molecule has 4 saturated carbocycles. The number of benzene rings is 2. The second kappa shape index (κ2) is 18.5. The van der Waals surface area contributed by atoms with E-state index in [0.717, 1.165) is 12.0 Å². The van der Waals surface area contributed by atoms with Crippen LogP contribution in [0.3, 0.4) is 0 Å². The third-order valence-electron chi connectivity index (χ3n) is 11.8. The van der Waals surface area contributed by atoms with Crippen LogP contribution in [0.5, 0.6) is 5.75 Å². The van der Waals surface area contributed by atoms with Crippen molar-refractivity contribution in [3.05, 3.63) is 65.7 Å². The van der Waals surface area contributed by atoms with E-state index in [1.807, 2.05) is 36.6 Å². The molecule has 0 heterocycles. The monoisotopic (exact) mass is 821 g/mol. The van der Waals surface area contributed by atoms with Crippen molar-refractivity contribution in [3.63, 3.8) is 0 Å². The van der Waals surface area contributed by atoms with Crippen LogP contribution in [0.4, 0.5) is 4.79 Å². The minimum atomic E-state index is -1.15. The fourth-order valence-corrected chi connectivity index (χ4v) is 10.1. The van der Waals surface area contributed by atoms with Crippen molar-refractivity contribution in [2.75, 3.05) is 32.7 Å². The number of hydrogen-bond acceptors (Lipinski definition) is 11. The van der Waals surface area contributed by atoms with Gasteiger partial charge in [0.05, 0.1) is 31.0 Å². The Kier molecular flexibility index (Phi) is 14.2. The molecule has 4 aliphatic carbocycles. The Bertz CT molecular complexity index is 1800. The molecule has 0 saturated heterocycles. The number of phenolic OH excluding ortho intramolecular Hbond substituents is 1. The number of nitrogens with one attached hydrogen (secondary N) is 3. The molecule has 4 fully saturated rings. The Morgan fingerprint density at radius 2 is 1.52 bits per heavy atom. The lowest BCUT2D eigenvalue weighted by Gasteiger charge is -2.63. The number of amides is 4. The van der Waals surface area contributed by atoms with Crippen molar-refractivity contribution < 1.29 is 43.3 Å². The van der Waals surface area contributed by atoms with Crippen LogP contribution in [-0.4, -0.2) is 108 Å². The summed E-state index contributed by atoms with van der Waals surface area (Å²) >= 11 is 1.47. The predicted molar refractivity (Wildman–Crippen MR) is 220 cm³/mol. The van der Waals surface area contributed by atoms with E-state index in [-0.39, 0.29) is 42.6 Å². The smallest absolute Gasteiger partial charge is 0.408 e. The minimum Gasteiger partial charge on any atom is -0.508 e. The standard InChI is InChI=1S/C43H59N5O9S/c1-41(2,3)57-40(55)47-32(19-27-12-14-30(49)15-13-27)38(53)46-31(16-17-58-6)37(52)45-25-34(50)48(4)33(20-26-10-8-7-9-11-26)35(51)36-42(39(54)56-5)21-28-18-29(22-42)24-43(36,44)23-28/h7-15,28-29,31-33,36,49H,16-25,44H2,1-6H3,(H,45,52)(H,46,53)(H,47,55)/t28?,29?,31-,32+,33+,36?,42?,43?/m1/s1. The Balaban J connectivity index is 1.33. The molecule has 6 N–H and O–H groups in total. The molecule has 15 heteroatoms. The predicted octanol–water partition coefficient (Wildman–Crippen LogP) is 3.52. The SMILES string of the molecule is COC(=O)C12CC3CC(CC(N)(C3)C1C(=O)[C@H](Cc1ccccc1)N(C)C(=O)CNC(=O)[C@@H](CCSC)NC(=O)[C@H](Cc1ccc(O)cc1)NC(=O)OC(C)(C)C)C2. The summed E-state index contributed by atoms with van der Waals surface area (Å²) in [5.74, 6) is -2.42. The van der Waals surface area contributed by atoms with Gasteiger partial charge < -0.3 is 41.2 Å². The normalized spacial score (nSPS) is 24.8. The Hall–Kier alpha value is -4.63. The van der Waals surface area contributed by atoms with Gasteiger partial charge in [-0.25, -0.2) is 4.79 Å². The van der Waals surface area contributed by atoms with Crippen molar-refractivity contribution in [1.82, 2.24) is 20.9 Å². The first-order chi connectivity index (χ1) is 27.4. The lowest BCUT2D eigenvalue weighted by Crippen LogP contribution is -2.72. The number of methoxy groups -OCH3 is 1. The van der Waals surface area contributed by atoms with Gasteiger partial charge in [-0.1, -0.05) is 42.5 Å². The molecule has 0 aromatic heterocycles. The first-order valence-electron chi connectivity index (χ1n) is 19.9. The maximum atomic E-state index is 15.0. The summed E-state index contributed by atoms with van der Waals surface area (Å²) in [5, 5.41) is 17.8. The van der Waals surface area contributed by atoms with Gasteiger partial charge in [-0.2, -0.15) is 11.8 Å². The van der Waals surface area contributed by atoms with Crippen LogP contribution in [0.1, 0.15) is 70.4 Å². The number of rotatable bonds is 17. The summed E-state index contributed by atoms with van der Waals surface area (Å²) in [6.07, 6.45) is 4.71. The number of carbonyl (C=O) groups is 6. The second-order valence-corrected chi connectivity index (χ2v) is 18.3. The molecule has 2 aromatic carbocycles. The number of nitrogens with zero attached hydrogens (tertiary/aromatic N) is 1.